The quantitative estimate of drug-likeness (QED) is 0.456. The number of fused-ring (bicyclic) bond motifs is 3. The second kappa shape index (κ2) is 8.64. The monoisotopic (exact) mass is 457 g/mol. The fourth-order valence-electron chi connectivity index (χ4n) is 4.37. The Morgan fingerprint density at radius 2 is 1.62 bits per heavy atom. The summed E-state index contributed by atoms with van der Waals surface area (Å²) in [4.78, 5) is 42.0. The third-order valence-electron chi connectivity index (χ3n) is 6.16. The predicted octanol–water partition coefficient (Wildman–Crippen LogP) is 3.35. The van der Waals surface area contributed by atoms with Crippen LogP contribution in [0.3, 0.4) is 0 Å². The second-order valence-electron chi connectivity index (χ2n) is 8.17. The lowest BCUT2D eigenvalue weighted by Crippen LogP contribution is -2.40. The summed E-state index contributed by atoms with van der Waals surface area (Å²) in [6, 6.07) is 16.1. The molecule has 2 amide bonds. The molecular formula is C26H23N3O5. The summed E-state index contributed by atoms with van der Waals surface area (Å²) in [5.74, 6) is -1.03. The maximum absolute atomic E-state index is 12.9. The Morgan fingerprint density at radius 3 is 2.29 bits per heavy atom. The molecule has 1 aromatic heterocycles. The van der Waals surface area contributed by atoms with E-state index in [0.29, 0.717) is 48.5 Å². The first-order chi connectivity index (χ1) is 16.5. The average molecular weight is 457 g/mol. The molecule has 0 radical (unpaired) electrons. The van der Waals surface area contributed by atoms with Gasteiger partial charge in [0.05, 0.1) is 37.0 Å². The van der Waals surface area contributed by atoms with E-state index in [1.54, 1.807) is 41.3 Å². The SMILES string of the molecule is COC(=O)c1ccc(-c2cc(C(N)=O)c3[nH]c4cc(C(=O)N5CCOCC5)ccc4c3c2)cc1. The molecule has 8 heteroatoms. The Morgan fingerprint density at radius 1 is 0.912 bits per heavy atom. The first kappa shape index (κ1) is 21.7. The van der Waals surface area contributed by atoms with E-state index >= 15 is 0 Å². The number of hydrogen-bond donors (Lipinski definition) is 2. The zero-order valence-corrected chi connectivity index (χ0v) is 18.6. The van der Waals surface area contributed by atoms with E-state index in [1.807, 2.05) is 18.2 Å². The second-order valence-corrected chi connectivity index (χ2v) is 8.17. The van der Waals surface area contributed by atoms with Crippen molar-refractivity contribution in [1.29, 1.82) is 0 Å². The van der Waals surface area contributed by atoms with E-state index in [-0.39, 0.29) is 5.91 Å². The van der Waals surface area contributed by atoms with Crippen molar-refractivity contribution in [1.82, 2.24) is 9.88 Å². The first-order valence-corrected chi connectivity index (χ1v) is 10.9. The topological polar surface area (TPSA) is 115 Å². The molecule has 1 aliphatic rings. The Kier molecular flexibility index (Phi) is 5.51. The number of nitrogens with one attached hydrogen (secondary N) is 1. The molecule has 3 N–H and O–H groups in total. The first-order valence-electron chi connectivity index (χ1n) is 10.9. The zero-order chi connectivity index (χ0) is 23.8. The lowest BCUT2D eigenvalue weighted by Gasteiger charge is -2.26. The molecule has 3 aromatic carbocycles. The number of H-pyrrole nitrogens is 1. The number of esters is 1. The summed E-state index contributed by atoms with van der Waals surface area (Å²) in [5.41, 5.74) is 10.0. The van der Waals surface area contributed by atoms with Crippen LogP contribution in [0.1, 0.15) is 31.1 Å². The summed E-state index contributed by atoms with van der Waals surface area (Å²) in [6.45, 7) is 2.19. The summed E-state index contributed by atoms with van der Waals surface area (Å²) < 4.78 is 10.1. The normalized spacial score (nSPS) is 13.9. The average Bonchev–Trinajstić information content (AvgIpc) is 3.25. The number of nitrogens with two attached hydrogens (primary N) is 1. The van der Waals surface area contributed by atoms with Crippen LogP contribution in [0, 0.1) is 0 Å². The molecular weight excluding hydrogens is 434 g/mol. The number of hydrogen-bond acceptors (Lipinski definition) is 5. The van der Waals surface area contributed by atoms with Crippen molar-refractivity contribution in [2.75, 3.05) is 33.4 Å². The smallest absolute Gasteiger partial charge is 0.337 e. The third-order valence-corrected chi connectivity index (χ3v) is 6.16. The molecule has 172 valence electrons. The van der Waals surface area contributed by atoms with Crippen LogP contribution in [-0.2, 0) is 9.47 Å². The minimum atomic E-state index is -0.561. The van der Waals surface area contributed by atoms with Crippen molar-refractivity contribution < 1.29 is 23.9 Å². The summed E-state index contributed by atoms with van der Waals surface area (Å²) in [5, 5.41) is 1.70. The molecule has 0 saturated carbocycles. The Bertz CT molecular complexity index is 1430. The largest absolute Gasteiger partial charge is 0.465 e. The number of benzene rings is 3. The number of amides is 2. The molecule has 2 heterocycles. The molecule has 1 aliphatic heterocycles. The molecule has 1 saturated heterocycles. The van der Waals surface area contributed by atoms with Crippen LogP contribution < -0.4 is 5.73 Å². The summed E-state index contributed by atoms with van der Waals surface area (Å²) >= 11 is 0. The lowest BCUT2D eigenvalue weighted by molar-refractivity contribution is 0.0303. The molecule has 0 bridgehead atoms. The summed E-state index contributed by atoms with van der Waals surface area (Å²) in [7, 11) is 1.33. The van der Waals surface area contributed by atoms with Gasteiger partial charge in [0, 0.05) is 34.9 Å². The standard InChI is InChI=1S/C26H23N3O5/c1-33-26(32)16-4-2-15(3-5-16)18-12-20-19-7-6-17(25(31)29-8-10-34-11-9-29)14-22(19)28-23(20)21(13-18)24(27)30/h2-7,12-14,28H,8-11H2,1H3,(H2,27,30). The van der Waals surface area contributed by atoms with Crippen LogP contribution in [-0.4, -0.2) is 61.1 Å². The van der Waals surface area contributed by atoms with Crippen LogP contribution in [0.5, 0.6) is 0 Å². The Labute approximate surface area is 195 Å². The van der Waals surface area contributed by atoms with Gasteiger partial charge < -0.3 is 25.1 Å². The van der Waals surface area contributed by atoms with Gasteiger partial charge in [0.25, 0.3) is 11.8 Å². The van der Waals surface area contributed by atoms with Gasteiger partial charge in [-0.25, -0.2) is 4.79 Å². The number of aromatic amines is 1. The van der Waals surface area contributed by atoms with Gasteiger partial charge in [-0.05, 0) is 47.5 Å². The molecule has 0 spiro atoms. The molecule has 34 heavy (non-hydrogen) atoms. The van der Waals surface area contributed by atoms with Gasteiger partial charge in [-0.15, -0.1) is 0 Å². The van der Waals surface area contributed by atoms with Gasteiger partial charge >= 0.3 is 5.97 Å². The van der Waals surface area contributed by atoms with E-state index in [9.17, 15) is 14.4 Å². The van der Waals surface area contributed by atoms with Crippen molar-refractivity contribution in [2.45, 2.75) is 0 Å². The molecule has 0 atom stereocenters. The fraction of sp³-hybridized carbons (Fsp3) is 0.192. The number of primary amides is 1. The van der Waals surface area contributed by atoms with Crippen LogP contribution in [0.25, 0.3) is 32.9 Å². The number of nitrogens with zero attached hydrogens (tertiary/aromatic N) is 1. The van der Waals surface area contributed by atoms with Crippen LogP contribution in [0.4, 0.5) is 0 Å². The van der Waals surface area contributed by atoms with Crippen LogP contribution in [0.15, 0.2) is 54.6 Å². The molecule has 0 unspecified atom stereocenters. The number of morpholine rings is 1. The maximum Gasteiger partial charge on any atom is 0.337 e. The molecule has 8 nitrogen and oxygen atoms in total. The van der Waals surface area contributed by atoms with Gasteiger partial charge in [-0.3, -0.25) is 9.59 Å². The van der Waals surface area contributed by atoms with Crippen molar-refractivity contribution >= 4 is 39.6 Å². The lowest BCUT2D eigenvalue weighted by atomic mass is 9.98. The maximum atomic E-state index is 12.9. The van der Waals surface area contributed by atoms with Crippen LogP contribution in [0.2, 0.25) is 0 Å². The van der Waals surface area contributed by atoms with Gasteiger partial charge in [-0.2, -0.15) is 0 Å². The van der Waals surface area contributed by atoms with Gasteiger partial charge in [0.2, 0.25) is 0 Å². The van der Waals surface area contributed by atoms with E-state index in [0.717, 1.165) is 27.4 Å². The van der Waals surface area contributed by atoms with Crippen molar-refractivity contribution in [3.05, 3.63) is 71.3 Å². The number of carbonyl (C=O) groups excluding carboxylic acids is 3. The van der Waals surface area contributed by atoms with Crippen molar-refractivity contribution in [3.8, 4) is 11.1 Å². The van der Waals surface area contributed by atoms with E-state index < -0.39 is 11.9 Å². The van der Waals surface area contributed by atoms with Gasteiger partial charge in [0.1, 0.15) is 0 Å². The van der Waals surface area contributed by atoms with Crippen LogP contribution >= 0.6 is 0 Å². The highest BCUT2D eigenvalue weighted by molar-refractivity contribution is 6.17. The van der Waals surface area contributed by atoms with E-state index in [2.05, 4.69) is 4.98 Å². The molecule has 0 aliphatic carbocycles. The predicted molar refractivity (Wildman–Crippen MR) is 128 cm³/mol. The Balaban J connectivity index is 1.60. The highest BCUT2D eigenvalue weighted by atomic mass is 16.5. The third kappa shape index (κ3) is 3.78. The van der Waals surface area contributed by atoms with Gasteiger partial charge in [-0.1, -0.05) is 18.2 Å². The fourth-order valence-corrected chi connectivity index (χ4v) is 4.37. The van der Waals surface area contributed by atoms with E-state index in [4.69, 9.17) is 15.2 Å². The minimum Gasteiger partial charge on any atom is -0.465 e. The molecule has 1 fully saturated rings. The Hall–Kier alpha value is -4.17. The number of methoxy groups -OCH3 is 1. The zero-order valence-electron chi connectivity index (χ0n) is 18.6. The summed E-state index contributed by atoms with van der Waals surface area (Å²) in [6.07, 6.45) is 0. The van der Waals surface area contributed by atoms with Crippen molar-refractivity contribution in [2.24, 2.45) is 5.73 Å². The minimum absolute atomic E-state index is 0.0506. The van der Waals surface area contributed by atoms with Crippen molar-refractivity contribution in [3.63, 3.8) is 0 Å². The number of ether oxygens (including phenoxy) is 2. The van der Waals surface area contributed by atoms with Gasteiger partial charge in [0.15, 0.2) is 0 Å². The molecule has 5 rings (SSSR count). The highest BCUT2D eigenvalue weighted by Crippen LogP contribution is 2.33. The number of carbonyl (C=O) groups is 3. The number of aromatic nitrogens is 1. The van der Waals surface area contributed by atoms with E-state index in [1.165, 1.54) is 7.11 Å². The number of rotatable bonds is 4. The highest BCUT2D eigenvalue weighted by Gasteiger charge is 2.20. The molecule has 4 aromatic rings.